The first-order valence-corrected chi connectivity index (χ1v) is 15.4. The summed E-state index contributed by atoms with van der Waals surface area (Å²) >= 11 is 1.88. The fourth-order valence-corrected chi connectivity index (χ4v) is 8.00. The van der Waals surface area contributed by atoms with Crippen molar-refractivity contribution in [2.75, 3.05) is 64.4 Å². The van der Waals surface area contributed by atoms with Gasteiger partial charge in [0.25, 0.3) is 5.95 Å². The van der Waals surface area contributed by atoms with Gasteiger partial charge in [0.2, 0.25) is 0 Å². The van der Waals surface area contributed by atoms with E-state index in [0.29, 0.717) is 11.4 Å². The number of morpholine rings is 1. The first-order valence-electron chi connectivity index (χ1n) is 14.6. The van der Waals surface area contributed by atoms with Gasteiger partial charge in [0.1, 0.15) is 0 Å². The third-order valence-corrected chi connectivity index (χ3v) is 10.4. The molecule has 0 bridgehead atoms. The van der Waals surface area contributed by atoms with Crippen LogP contribution in [0.5, 0.6) is 0 Å². The maximum atomic E-state index is 5.68. The molecule has 3 saturated heterocycles. The van der Waals surface area contributed by atoms with E-state index in [1.807, 2.05) is 28.3 Å². The zero-order valence-corrected chi connectivity index (χ0v) is 24.7. The van der Waals surface area contributed by atoms with Crippen LogP contribution < -0.4 is 4.90 Å². The molecular formula is C31H39N7OS. The third-order valence-electron chi connectivity index (χ3n) is 9.17. The lowest BCUT2D eigenvalue weighted by Gasteiger charge is -2.39. The number of rotatable bonds is 5. The Morgan fingerprint density at radius 1 is 0.975 bits per heavy atom. The smallest absolute Gasteiger partial charge is 0.253 e. The number of likely N-dealkylation sites (tertiary alicyclic amines) is 2. The molecule has 3 fully saturated rings. The highest BCUT2D eigenvalue weighted by Gasteiger charge is 2.39. The van der Waals surface area contributed by atoms with E-state index in [1.165, 1.54) is 66.1 Å². The van der Waals surface area contributed by atoms with Crippen molar-refractivity contribution in [3.05, 3.63) is 52.5 Å². The quantitative estimate of drug-likeness (QED) is 0.345. The van der Waals surface area contributed by atoms with E-state index in [1.54, 1.807) is 0 Å². The number of nitrogens with zero attached hydrogens (tertiary/aromatic N) is 7. The van der Waals surface area contributed by atoms with Gasteiger partial charge in [0.05, 0.1) is 29.1 Å². The summed E-state index contributed by atoms with van der Waals surface area (Å²) in [5, 5.41) is 4.90. The zero-order valence-electron chi connectivity index (χ0n) is 23.9. The minimum atomic E-state index is 0.547. The van der Waals surface area contributed by atoms with Crippen LogP contribution in [0.15, 0.2) is 36.5 Å². The molecule has 3 aliphatic heterocycles. The standard InChI is InChI=1S/C31H39N7OS/c1-22-5-4-6-24(19-22)25-7-11-38(34-25)30-32-27-23(2)26(40-28(27)29(33-30)37-15-17-39-18-16-37)20-36-13-9-31(10-14-36)8-12-35(3)21-31/h4-7,11,19H,8-10,12-18,20-21H2,1-3H3. The average molecular weight is 558 g/mol. The number of fused-ring (bicyclic) bond motifs is 1. The van der Waals surface area contributed by atoms with Crippen molar-refractivity contribution < 1.29 is 4.74 Å². The zero-order chi connectivity index (χ0) is 27.3. The van der Waals surface area contributed by atoms with Crippen LogP contribution in [0.1, 0.15) is 35.3 Å². The molecule has 8 nitrogen and oxygen atoms in total. The monoisotopic (exact) mass is 557 g/mol. The Labute approximate surface area is 240 Å². The van der Waals surface area contributed by atoms with Gasteiger partial charge in [-0.15, -0.1) is 11.3 Å². The van der Waals surface area contributed by atoms with Crippen molar-refractivity contribution in [1.82, 2.24) is 29.5 Å². The van der Waals surface area contributed by atoms with E-state index >= 15 is 0 Å². The van der Waals surface area contributed by atoms with Crippen LogP contribution in [-0.4, -0.2) is 89.1 Å². The van der Waals surface area contributed by atoms with Gasteiger partial charge in [-0.3, -0.25) is 4.90 Å². The van der Waals surface area contributed by atoms with Crippen LogP contribution in [0.3, 0.4) is 0 Å². The van der Waals surface area contributed by atoms with Crippen molar-refractivity contribution in [3.8, 4) is 17.2 Å². The second-order valence-corrected chi connectivity index (χ2v) is 13.2. The predicted molar refractivity (Wildman–Crippen MR) is 162 cm³/mol. The Hall–Kier alpha value is -2.85. The molecule has 1 aromatic carbocycles. The van der Waals surface area contributed by atoms with Gasteiger partial charge < -0.3 is 14.5 Å². The first-order chi connectivity index (χ1) is 19.5. The predicted octanol–water partition coefficient (Wildman–Crippen LogP) is 4.92. The number of hydrogen-bond donors (Lipinski definition) is 0. The van der Waals surface area contributed by atoms with Crippen molar-refractivity contribution in [3.63, 3.8) is 0 Å². The van der Waals surface area contributed by atoms with Crippen molar-refractivity contribution in [2.24, 2.45) is 5.41 Å². The molecule has 0 unspecified atom stereocenters. The lowest BCUT2D eigenvalue weighted by Crippen LogP contribution is -2.40. The summed E-state index contributed by atoms with van der Waals surface area (Å²) in [6.45, 7) is 13.4. The van der Waals surface area contributed by atoms with Gasteiger partial charge in [-0.05, 0) is 82.9 Å². The third kappa shape index (κ3) is 4.93. The number of aryl methyl sites for hydroxylation is 2. The van der Waals surface area contributed by atoms with Crippen molar-refractivity contribution in [1.29, 1.82) is 0 Å². The highest BCUT2D eigenvalue weighted by atomic mass is 32.1. The number of thiophene rings is 1. The molecule has 0 atom stereocenters. The molecule has 4 aromatic rings. The summed E-state index contributed by atoms with van der Waals surface area (Å²) < 4.78 is 8.70. The van der Waals surface area contributed by atoms with Gasteiger partial charge in [-0.25, -0.2) is 9.67 Å². The van der Waals surface area contributed by atoms with Gasteiger partial charge in [-0.1, -0.05) is 23.8 Å². The molecular weight excluding hydrogens is 518 g/mol. The molecule has 3 aliphatic rings. The van der Waals surface area contributed by atoms with Crippen LogP contribution >= 0.6 is 11.3 Å². The summed E-state index contributed by atoms with van der Waals surface area (Å²) in [5.74, 6) is 1.65. The summed E-state index contributed by atoms with van der Waals surface area (Å²) in [4.78, 5) is 19.2. The fraction of sp³-hybridized carbons (Fsp3) is 0.516. The first kappa shape index (κ1) is 26.1. The lowest BCUT2D eigenvalue weighted by atomic mass is 9.78. The maximum absolute atomic E-state index is 5.68. The van der Waals surface area contributed by atoms with E-state index in [-0.39, 0.29) is 0 Å². The van der Waals surface area contributed by atoms with Crippen LogP contribution in [0.4, 0.5) is 5.82 Å². The normalized spacial score (nSPS) is 20.2. The second-order valence-electron chi connectivity index (χ2n) is 12.1. The largest absolute Gasteiger partial charge is 0.378 e. The number of benzene rings is 1. The van der Waals surface area contributed by atoms with Crippen LogP contribution in [0.25, 0.3) is 27.4 Å². The number of piperidine rings is 1. The number of aromatic nitrogens is 4. The topological polar surface area (TPSA) is 62.6 Å². The molecule has 40 heavy (non-hydrogen) atoms. The second kappa shape index (κ2) is 10.5. The van der Waals surface area contributed by atoms with Gasteiger partial charge in [0.15, 0.2) is 5.82 Å². The molecule has 3 aromatic heterocycles. The Morgan fingerprint density at radius 2 is 1.77 bits per heavy atom. The fourth-order valence-electron chi connectivity index (χ4n) is 6.70. The Bertz CT molecular complexity index is 1510. The molecule has 0 amide bonds. The van der Waals surface area contributed by atoms with Gasteiger partial charge in [0, 0.05) is 42.8 Å². The lowest BCUT2D eigenvalue weighted by molar-refractivity contribution is 0.106. The SMILES string of the molecule is Cc1cccc(-c2ccn(-c3nc(N4CCOCC4)c4sc(CN5CCC6(CCN(C)C6)CC5)c(C)c4n3)n2)c1. The summed E-state index contributed by atoms with van der Waals surface area (Å²) in [6.07, 6.45) is 5.97. The van der Waals surface area contributed by atoms with E-state index < -0.39 is 0 Å². The molecule has 1 spiro atoms. The Balaban J connectivity index is 1.21. The van der Waals surface area contributed by atoms with Crippen LogP contribution in [-0.2, 0) is 11.3 Å². The van der Waals surface area contributed by atoms with E-state index in [0.717, 1.165) is 55.4 Å². The maximum Gasteiger partial charge on any atom is 0.253 e. The Kier molecular flexibility index (Phi) is 6.86. The van der Waals surface area contributed by atoms with E-state index in [4.69, 9.17) is 19.8 Å². The van der Waals surface area contributed by atoms with E-state index in [2.05, 4.69) is 59.9 Å². The number of ether oxygens (including phenoxy) is 1. The summed E-state index contributed by atoms with van der Waals surface area (Å²) in [6, 6.07) is 10.5. The molecule has 6 heterocycles. The molecule has 9 heteroatoms. The van der Waals surface area contributed by atoms with E-state index in [9.17, 15) is 0 Å². The van der Waals surface area contributed by atoms with Crippen LogP contribution in [0.2, 0.25) is 0 Å². The van der Waals surface area contributed by atoms with Gasteiger partial charge in [-0.2, -0.15) is 10.1 Å². The highest BCUT2D eigenvalue weighted by molar-refractivity contribution is 7.19. The molecule has 0 saturated carbocycles. The minimum absolute atomic E-state index is 0.547. The molecule has 0 radical (unpaired) electrons. The van der Waals surface area contributed by atoms with Crippen molar-refractivity contribution >= 4 is 27.4 Å². The summed E-state index contributed by atoms with van der Waals surface area (Å²) in [7, 11) is 2.27. The Morgan fingerprint density at radius 3 is 2.52 bits per heavy atom. The number of anilines is 1. The molecule has 0 N–H and O–H groups in total. The van der Waals surface area contributed by atoms with Gasteiger partial charge >= 0.3 is 0 Å². The molecule has 0 aliphatic carbocycles. The highest BCUT2D eigenvalue weighted by Crippen LogP contribution is 2.42. The average Bonchev–Trinajstić information content (AvgIpc) is 3.69. The molecule has 210 valence electrons. The summed E-state index contributed by atoms with van der Waals surface area (Å²) in [5.41, 5.74) is 6.15. The van der Waals surface area contributed by atoms with Crippen LogP contribution in [0, 0.1) is 19.3 Å². The van der Waals surface area contributed by atoms with Crippen molar-refractivity contribution in [2.45, 2.75) is 39.7 Å². The number of hydrogen-bond acceptors (Lipinski definition) is 8. The molecule has 7 rings (SSSR count). The minimum Gasteiger partial charge on any atom is -0.378 e.